The zero-order valence-corrected chi connectivity index (χ0v) is 12.9. The fourth-order valence-electron chi connectivity index (χ4n) is 2.36. The van der Waals surface area contributed by atoms with Gasteiger partial charge in [0.25, 0.3) is 5.91 Å². The van der Waals surface area contributed by atoms with Gasteiger partial charge in [0.1, 0.15) is 13.2 Å². The summed E-state index contributed by atoms with van der Waals surface area (Å²) >= 11 is 0. The van der Waals surface area contributed by atoms with E-state index < -0.39 is 0 Å². The van der Waals surface area contributed by atoms with Crippen molar-refractivity contribution in [2.45, 2.75) is 0 Å². The average Bonchev–Trinajstić information content (AvgIpc) is 2.61. The second kappa shape index (κ2) is 6.48. The van der Waals surface area contributed by atoms with Gasteiger partial charge >= 0.3 is 0 Å². The quantitative estimate of drug-likeness (QED) is 0.940. The topological polar surface area (TPSA) is 66.0 Å². The second-order valence-corrected chi connectivity index (χ2v) is 4.85. The molecule has 2 aromatic rings. The van der Waals surface area contributed by atoms with Crippen molar-refractivity contribution in [1.29, 1.82) is 0 Å². The molecular weight excluding hydrogens is 298 g/mol. The summed E-state index contributed by atoms with van der Waals surface area (Å²) in [6.45, 7) is 0.904. The Morgan fingerprint density at radius 2 is 1.83 bits per heavy atom. The standard InChI is InChI=1S/C17H17NO5/c1-20-13-7-6-11(10-15(13)21-2)18-17(19)12-4-3-5-14-16(12)23-9-8-22-14/h3-7,10H,8-9H2,1-2H3,(H,18,19). The number of hydrogen-bond acceptors (Lipinski definition) is 5. The first-order valence-corrected chi connectivity index (χ1v) is 7.15. The number of nitrogens with one attached hydrogen (secondary N) is 1. The number of ether oxygens (including phenoxy) is 4. The van der Waals surface area contributed by atoms with E-state index in [1.54, 1.807) is 50.6 Å². The lowest BCUT2D eigenvalue weighted by Crippen LogP contribution is -2.20. The van der Waals surface area contributed by atoms with Gasteiger partial charge in [0.15, 0.2) is 23.0 Å². The van der Waals surface area contributed by atoms with Crippen LogP contribution in [0.5, 0.6) is 23.0 Å². The Hall–Kier alpha value is -2.89. The van der Waals surface area contributed by atoms with Crippen LogP contribution in [0.1, 0.15) is 10.4 Å². The van der Waals surface area contributed by atoms with E-state index in [-0.39, 0.29) is 5.91 Å². The Morgan fingerprint density at radius 3 is 2.61 bits per heavy atom. The van der Waals surface area contributed by atoms with Gasteiger partial charge in [0, 0.05) is 11.8 Å². The molecule has 6 nitrogen and oxygen atoms in total. The summed E-state index contributed by atoms with van der Waals surface area (Å²) in [4.78, 5) is 12.5. The molecule has 120 valence electrons. The lowest BCUT2D eigenvalue weighted by molar-refractivity contribution is 0.101. The molecule has 0 saturated heterocycles. The molecule has 23 heavy (non-hydrogen) atoms. The van der Waals surface area contributed by atoms with Crippen molar-refractivity contribution < 1.29 is 23.7 Å². The Labute approximate surface area is 133 Å². The first-order valence-electron chi connectivity index (χ1n) is 7.15. The Morgan fingerprint density at radius 1 is 1.04 bits per heavy atom. The van der Waals surface area contributed by atoms with Crippen molar-refractivity contribution in [3.63, 3.8) is 0 Å². The summed E-state index contributed by atoms with van der Waals surface area (Å²) in [6.07, 6.45) is 0. The molecule has 0 saturated carbocycles. The maximum atomic E-state index is 12.5. The molecule has 1 amide bonds. The van der Waals surface area contributed by atoms with Crippen LogP contribution in [0.3, 0.4) is 0 Å². The summed E-state index contributed by atoms with van der Waals surface area (Å²) in [6, 6.07) is 10.4. The van der Waals surface area contributed by atoms with Gasteiger partial charge in [0.2, 0.25) is 0 Å². The van der Waals surface area contributed by atoms with Gasteiger partial charge in [-0.3, -0.25) is 4.79 Å². The molecule has 0 bridgehead atoms. The van der Waals surface area contributed by atoms with Crippen LogP contribution in [-0.2, 0) is 0 Å². The second-order valence-electron chi connectivity index (χ2n) is 4.85. The van der Waals surface area contributed by atoms with Gasteiger partial charge in [-0.2, -0.15) is 0 Å². The number of rotatable bonds is 4. The number of para-hydroxylation sites is 1. The SMILES string of the molecule is COc1ccc(NC(=O)c2cccc3c2OCCO3)cc1OC. The highest BCUT2D eigenvalue weighted by Crippen LogP contribution is 2.34. The maximum absolute atomic E-state index is 12.5. The highest BCUT2D eigenvalue weighted by molar-refractivity contribution is 6.06. The summed E-state index contributed by atoms with van der Waals surface area (Å²) in [5.74, 6) is 1.91. The van der Waals surface area contributed by atoms with Crippen LogP contribution in [0.15, 0.2) is 36.4 Å². The molecule has 0 unspecified atom stereocenters. The molecule has 0 aromatic heterocycles. The van der Waals surface area contributed by atoms with Crippen molar-refractivity contribution in [2.24, 2.45) is 0 Å². The highest BCUT2D eigenvalue weighted by atomic mass is 16.6. The fraction of sp³-hybridized carbons (Fsp3) is 0.235. The molecule has 0 radical (unpaired) electrons. The third kappa shape index (κ3) is 3.01. The third-order valence-electron chi connectivity index (χ3n) is 3.45. The van der Waals surface area contributed by atoms with Crippen molar-refractivity contribution >= 4 is 11.6 Å². The van der Waals surface area contributed by atoms with E-state index in [0.29, 0.717) is 47.5 Å². The predicted molar refractivity (Wildman–Crippen MR) is 84.9 cm³/mol. The fourth-order valence-corrected chi connectivity index (χ4v) is 2.36. The third-order valence-corrected chi connectivity index (χ3v) is 3.45. The molecule has 2 aromatic carbocycles. The molecule has 3 rings (SSSR count). The van der Waals surface area contributed by atoms with E-state index in [1.807, 2.05) is 0 Å². The largest absolute Gasteiger partial charge is 0.493 e. The minimum atomic E-state index is -0.278. The highest BCUT2D eigenvalue weighted by Gasteiger charge is 2.20. The van der Waals surface area contributed by atoms with E-state index in [0.717, 1.165) is 0 Å². The van der Waals surface area contributed by atoms with Gasteiger partial charge in [-0.25, -0.2) is 0 Å². The van der Waals surface area contributed by atoms with Gasteiger partial charge in [0.05, 0.1) is 19.8 Å². The molecule has 1 aliphatic rings. The summed E-state index contributed by atoms with van der Waals surface area (Å²) in [7, 11) is 3.10. The summed E-state index contributed by atoms with van der Waals surface area (Å²) in [5, 5.41) is 2.82. The van der Waals surface area contributed by atoms with Gasteiger partial charge < -0.3 is 24.3 Å². The van der Waals surface area contributed by atoms with E-state index >= 15 is 0 Å². The van der Waals surface area contributed by atoms with Crippen LogP contribution >= 0.6 is 0 Å². The molecule has 6 heteroatoms. The van der Waals surface area contributed by atoms with Crippen LogP contribution < -0.4 is 24.3 Å². The number of methoxy groups -OCH3 is 2. The molecule has 0 atom stereocenters. The van der Waals surface area contributed by atoms with Crippen molar-refractivity contribution in [1.82, 2.24) is 0 Å². The zero-order valence-electron chi connectivity index (χ0n) is 12.9. The van der Waals surface area contributed by atoms with Crippen molar-refractivity contribution in [2.75, 3.05) is 32.8 Å². The lowest BCUT2D eigenvalue weighted by atomic mass is 10.1. The van der Waals surface area contributed by atoms with E-state index in [9.17, 15) is 4.79 Å². The Balaban J connectivity index is 1.85. The summed E-state index contributed by atoms with van der Waals surface area (Å²) in [5.41, 5.74) is 1.03. The van der Waals surface area contributed by atoms with E-state index in [1.165, 1.54) is 0 Å². The van der Waals surface area contributed by atoms with Crippen molar-refractivity contribution in [3.05, 3.63) is 42.0 Å². The molecular formula is C17H17NO5. The molecule has 0 spiro atoms. The number of anilines is 1. The summed E-state index contributed by atoms with van der Waals surface area (Å²) < 4.78 is 21.5. The monoisotopic (exact) mass is 315 g/mol. The normalized spacial score (nSPS) is 12.4. The molecule has 0 aliphatic carbocycles. The number of carbonyl (C=O) groups excluding carboxylic acids is 1. The number of amides is 1. The van der Waals surface area contributed by atoms with Gasteiger partial charge in [-0.15, -0.1) is 0 Å². The number of carbonyl (C=O) groups is 1. The van der Waals surface area contributed by atoms with Gasteiger partial charge in [-0.05, 0) is 24.3 Å². The van der Waals surface area contributed by atoms with E-state index in [4.69, 9.17) is 18.9 Å². The Bertz CT molecular complexity index is 729. The Kier molecular flexibility index (Phi) is 4.23. The number of fused-ring (bicyclic) bond motifs is 1. The van der Waals surface area contributed by atoms with Crippen LogP contribution in [0.25, 0.3) is 0 Å². The number of hydrogen-bond donors (Lipinski definition) is 1. The first kappa shape index (κ1) is 15.0. The predicted octanol–water partition coefficient (Wildman–Crippen LogP) is 2.73. The van der Waals surface area contributed by atoms with Crippen LogP contribution in [-0.4, -0.2) is 33.3 Å². The van der Waals surface area contributed by atoms with Crippen LogP contribution in [0.2, 0.25) is 0 Å². The molecule has 1 N–H and O–H groups in total. The maximum Gasteiger partial charge on any atom is 0.259 e. The minimum absolute atomic E-state index is 0.278. The molecule has 1 heterocycles. The lowest BCUT2D eigenvalue weighted by Gasteiger charge is -2.20. The minimum Gasteiger partial charge on any atom is -0.493 e. The first-order chi connectivity index (χ1) is 11.2. The molecule has 1 aliphatic heterocycles. The molecule has 0 fully saturated rings. The van der Waals surface area contributed by atoms with Crippen LogP contribution in [0.4, 0.5) is 5.69 Å². The number of benzene rings is 2. The zero-order chi connectivity index (χ0) is 16.2. The van der Waals surface area contributed by atoms with Crippen LogP contribution in [0, 0.1) is 0 Å². The van der Waals surface area contributed by atoms with Crippen molar-refractivity contribution in [3.8, 4) is 23.0 Å². The van der Waals surface area contributed by atoms with Gasteiger partial charge in [-0.1, -0.05) is 6.07 Å². The van der Waals surface area contributed by atoms with E-state index in [2.05, 4.69) is 5.32 Å². The smallest absolute Gasteiger partial charge is 0.259 e. The average molecular weight is 315 g/mol.